The van der Waals surface area contributed by atoms with Crippen molar-refractivity contribution in [2.75, 3.05) is 0 Å². The van der Waals surface area contributed by atoms with Crippen LogP contribution >= 0.6 is 0 Å². The van der Waals surface area contributed by atoms with Gasteiger partial charge in [0.1, 0.15) is 11.5 Å². The predicted molar refractivity (Wildman–Crippen MR) is 101 cm³/mol. The van der Waals surface area contributed by atoms with Crippen molar-refractivity contribution in [3.8, 4) is 22.8 Å². The van der Waals surface area contributed by atoms with Gasteiger partial charge in [0.2, 0.25) is 0 Å². The second-order valence-electron chi connectivity index (χ2n) is 6.01. The van der Waals surface area contributed by atoms with E-state index < -0.39 is 0 Å². The molecule has 0 spiro atoms. The Hall–Kier alpha value is -3.46. The van der Waals surface area contributed by atoms with E-state index in [9.17, 15) is 0 Å². The molecule has 0 aliphatic rings. The summed E-state index contributed by atoms with van der Waals surface area (Å²) in [4.78, 5) is 9.76. The molecule has 0 saturated heterocycles. The maximum Gasteiger partial charge on any atom is 0.163 e. The Labute approximate surface area is 145 Å². The quantitative estimate of drug-likeness (QED) is 0.446. The average Bonchev–Trinajstić information content (AvgIpc) is 3.07. The first-order valence-corrected chi connectivity index (χ1v) is 8.29. The van der Waals surface area contributed by atoms with Gasteiger partial charge in [-0.1, -0.05) is 84.9 Å². The van der Waals surface area contributed by atoms with Crippen molar-refractivity contribution in [1.29, 1.82) is 0 Å². The fourth-order valence-electron chi connectivity index (χ4n) is 3.21. The van der Waals surface area contributed by atoms with Gasteiger partial charge in [-0.3, -0.25) is 4.40 Å². The molecule has 0 N–H and O–H groups in total. The molecular formula is C22H15N3. The van der Waals surface area contributed by atoms with E-state index >= 15 is 0 Å². The molecule has 0 aliphatic carbocycles. The Morgan fingerprint density at radius 1 is 0.600 bits per heavy atom. The van der Waals surface area contributed by atoms with Crippen LogP contribution in [0.2, 0.25) is 0 Å². The van der Waals surface area contributed by atoms with Crippen LogP contribution in [0, 0.1) is 0 Å². The van der Waals surface area contributed by atoms with E-state index in [4.69, 9.17) is 9.97 Å². The monoisotopic (exact) mass is 321 g/mol. The maximum absolute atomic E-state index is 4.89. The molecule has 0 saturated carbocycles. The number of aromatic nitrogens is 3. The number of nitrogens with zero attached hydrogens (tertiary/aromatic N) is 3. The molecule has 0 amide bonds. The van der Waals surface area contributed by atoms with Gasteiger partial charge in [-0.25, -0.2) is 9.97 Å². The fraction of sp³-hybridized carbons (Fsp3) is 0. The Bertz CT molecular complexity index is 1180. The first-order chi connectivity index (χ1) is 12.4. The van der Waals surface area contributed by atoms with Crippen molar-refractivity contribution < 1.29 is 0 Å². The molecule has 0 atom stereocenters. The molecule has 0 bridgehead atoms. The summed E-state index contributed by atoms with van der Waals surface area (Å²) in [7, 11) is 0. The highest BCUT2D eigenvalue weighted by atomic mass is 15.1. The van der Waals surface area contributed by atoms with Gasteiger partial charge < -0.3 is 0 Å². The van der Waals surface area contributed by atoms with Crippen LogP contribution in [-0.4, -0.2) is 14.4 Å². The predicted octanol–water partition coefficient (Wildman–Crippen LogP) is 5.22. The summed E-state index contributed by atoms with van der Waals surface area (Å²) in [5, 5.41) is 2.30. The Balaban J connectivity index is 1.90. The van der Waals surface area contributed by atoms with Gasteiger partial charge in [-0.2, -0.15) is 0 Å². The zero-order chi connectivity index (χ0) is 16.6. The third-order valence-electron chi connectivity index (χ3n) is 4.41. The maximum atomic E-state index is 4.89. The van der Waals surface area contributed by atoms with E-state index in [1.807, 2.05) is 48.5 Å². The van der Waals surface area contributed by atoms with Crippen LogP contribution in [-0.2, 0) is 0 Å². The van der Waals surface area contributed by atoms with Gasteiger partial charge in [0.15, 0.2) is 5.82 Å². The van der Waals surface area contributed by atoms with E-state index in [0.29, 0.717) is 0 Å². The van der Waals surface area contributed by atoms with Crippen LogP contribution in [0.1, 0.15) is 0 Å². The summed E-state index contributed by atoms with van der Waals surface area (Å²) in [6, 6.07) is 28.7. The molecule has 0 unspecified atom stereocenters. The first kappa shape index (κ1) is 13.9. The highest BCUT2D eigenvalue weighted by molar-refractivity contribution is 5.96. The molecule has 0 radical (unpaired) electrons. The lowest BCUT2D eigenvalue weighted by Crippen LogP contribution is -2.00. The number of hydrogen-bond acceptors (Lipinski definition) is 2. The Kier molecular flexibility index (Phi) is 3.10. The topological polar surface area (TPSA) is 30.2 Å². The third-order valence-corrected chi connectivity index (χ3v) is 4.41. The molecule has 3 aromatic carbocycles. The number of fused-ring (bicyclic) bond motifs is 3. The van der Waals surface area contributed by atoms with Gasteiger partial charge in [-0.15, -0.1) is 0 Å². The second kappa shape index (κ2) is 5.56. The van der Waals surface area contributed by atoms with Gasteiger partial charge in [0.05, 0.1) is 0 Å². The number of rotatable bonds is 2. The van der Waals surface area contributed by atoms with Crippen LogP contribution < -0.4 is 0 Å². The lowest BCUT2D eigenvalue weighted by molar-refractivity contribution is 1.05. The van der Waals surface area contributed by atoms with E-state index in [1.54, 1.807) is 0 Å². The first-order valence-electron chi connectivity index (χ1n) is 8.29. The molecule has 5 aromatic rings. The molecule has 3 nitrogen and oxygen atoms in total. The molecule has 25 heavy (non-hydrogen) atoms. The summed E-state index contributed by atoms with van der Waals surface area (Å²) >= 11 is 0. The van der Waals surface area contributed by atoms with Crippen LogP contribution in [0.5, 0.6) is 0 Å². The van der Waals surface area contributed by atoms with E-state index in [1.165, 1.54) is 5.39 Å². The molecular weight excluding hydrogens is 306 g/mol. The van der Waals surface area contributed by atoms with Crippen molar-refractivity contribution in [1.82, 2.24) is 14.4 Å². The second-order valence-corrected chi connectivity index (χ2v) is 6.01. The standard InChI is InChI=1S/C22H15N3/c1-3-9-16(10-4-1)20-23-21(17-11-5-2-6-12-17)25-15-18-13-7-8-14-19(18)22(25)24-20/h1-15H. The van der Waals surface area contributed by atoms with E-state index in [2.05, 4.69) is 47.0 Å². The van der Waals surface area contributed by atoms with Crippen LogP contribution in [0.3, 0.4) is 0 Å². The summed E-state index contributed by atoms with van der Waals surface area (Å²) in [6.45, 7) is 0. The van der Waals surface area contributed by atoms with Crippen molar-refractivity contribution in [2.45, 2.75) is 0 Å². The molecule has 0 aliphatic heterocycles. The molecule has 3 heteroatoms. The normalized spacial score (nSPS) is 11.2. The lowest BCUT2D eigenvalue weighted by Gasteiger charge is -2.08. The SMILES string of the molecule is c1ccc(-c2nc(-c3ccccc3)n3cc4ccccc4c3n2)cc1. The molecule has 0 fully saturated rings. The van der Waals surface area contributed by atoms with Crippen LogP contribution in [0.4, 0.5) is 0 Å². The minimum absolute atomic E-state index is 0.746. The summed E-state index contributed by atoms with van der Waals surface area (Å²) in [6.07, 6.45) is 2.11. The Morgan fingerprint density at radius 3 is 2.00 bits per heavy atom. The molecule has 5 rings (SSSR count). The third kappa shape index (κ3) is 2.29. The largest absolute Gasteiger partial charge is 0.284 e. The fourth-order valence-corrected chi connectivity index (χ4v) is 3.21. The molecule has 2 aromatic heterocycles. The van der Waals surface area contributed by atoms with Gasteiger partial charge in [0, 0.05) is 28.1 Å². The van der Waals surface area contributed by atoms with Gasteiger partial charge in [0.25, 0.3) is 0 Å². The van der Waals surface area contributed by atoms with Crippen molar-refractivity contribution in [3.05, 3.63) is 91.1 Å². The van der Waals surface area contributed by atoms with Crippen molar-refractivity contribution in [3.63, 3.8) is 0 Å². The van der Waals surface area contributed by atoms with Crippen molar-refractivity contribution in [2.24, 2.45) is 0 Å². The van der Waals surface area contributed by atoms with E-state index in [0.717, 1.165) is 33.8 Å². The number of benzene rings is 3. The van der Waals surface area contributed by atoms with Gasteiger partial charge in [-0.05, 0) is 0 Å². The molecule has 118 valence electrons. The van der Waals surface area contributed by atoms with E-state index in [-0.39, 0.29) is 0 Å². The summed E-state index contributed by atoms with van der Waals surface area (Å²) < 4.78 is 2.09. The van der Waals surface area contributed by atoms with Crippen LogP contribution in [0.15, 0.2) is 91.1 Å². The average molecular weight is 321 g/mol. The highest BCUT2D eigenvalue weighted by Gasteiger charge is 2.13. The number of hydrogen-bond donors (Lipinski definition) is 0. The Morgan fingerprint density at radius 2 is 1.24 bits per heavy atom. The minimum atomic E-state index is 0.746. The van der Waals surface area contributed by atoms with Gasteiger partial charge >= 0.3 is 0 Å². The zero-order valence-corrected chi connectivity index (χ0v) is 13.5. The summed E-state index contributed by atoms with van der Waals surface area (Å²) in [5.74, 6) is 1.65. The smallest absolute Gasteiger partial charge is 0.163 e. The highest BCUT2D eigenvalue weighted by Crippen LogP contribution is 2.28. The van der Waals surface area contributed by atoms with Crippen LogP contribution in [0.25, 0.3) is 39.2 Å². The zero-order valence-electron chi connectivity index (χ0n) is 13.5. The summed E-state index contributed by atoms with van der Waals surface area (Å²) in [5.41, 5.74) is 3.03. The van der Waals surface area contributed by atoms with Crippen molar-refractivity contribution >= 4 is 16.4 Å². The minimum Gasteiger partial charge on any atom is -0.284 e. The lowest BCUT2D eigenvalue weighted by atomic mass is 10.2. The molecule has 2 heterocycles.